The van der Waals surface area contributed by atoms with Crippen LogP contribution in [0.2, 0.25) is 0 Å². The molecule has 0 aliphatic rings. The van der Waals surface area contributed by atoms with Gasteiger partial charge >= 0.3 is 0 Å². The Bertz CT molecular complexity index is 219. The summed E-state index contributed by atoms with van der Waals surface area (Å²) < 4.78 is 0. The summed E-state index contributed by atoms with van der Waals surface area (Å²) in [4.78, 5) is 10.4. The SMILES string of the molecule is C=C.C=C/C(=C\C)CCCCCCC(N)=O. The molecule has 0 rings (SSSR count). The number of amides is 1. The third-order valence-corrected chi connectivity index (χ3v) is 2.27. The molecular weight excluding hydrogens is 198 g/mol. The van der Waals surface area contributed by atoms with Crippen molar-refractivity contribution in [3.63, 3.8) is 0 Å². The number of rotatable bonds is 8. The Labute approximate surface area is 99.9 Å². The van der Waals surface area contributed by atoms with Gasteiger partial charge in [0.15, 0.2) is 0 Å². The molecule has 0 aromatic rings. The van der Waals surface area contributed by atoms with Crippen molar-refractivity contribution in [3.8, 4) is 0 Å². The molecule has 0 aromatic carbocycles. The molecule has 92 valence electrons. The first-order valence-corrected chi connectivity index (χ1v) is 5.76. The maximum Gasteiger partial charge on any atom is 0.217 e. The molecule has 0 spiro atoms. The highest BCUT2D eigenvalue weighted by Gasteiger charge is 1.95. The Balaban J connectivity index is 0. The molecule has 0 unspecified atom stereocenters. The van der Waals surface area contributed by atoms with Gasteiger partial charge in [-0.15, -0.1) is 13.2 Å². The Morgan fingerprint density at radius 1 is 1.12 bits per heavy atom. The molecule has 0 aliphatic heterocycles. The maximum absolute atomic E-state index is 10.4. The Hall–Kier alpha value is -1.31. The molecule has 0 aromatic heterocycles. The second kappa shape index (κ2) is 13.7. The molecular formula is C14H25NO. The van der Waals surface area contributed by atoms with E-state index in [0.29, 0.717) is 6.42 Å². The van der Waals surface area contributed by atoms with Crippen LogP contribution >= 0.6 is 0 Å². The third kappa shape index (κ3) is 12.7. The van der Waals surface area contributed by atoms with Gasteiger partial charge in [-0.1, -0.05) is 37.1 Å². The summed E-state index contributed by atoms with van der Waals surface area (Å²) >= 11 is 0. The number of nitrogens with two attached hydrogens (primary N) is 1. The van der Waals surface area contributed by atoms with Crippen molar-refractivity contribution in [2.45, 2.75) is 45.4 Å². The second-order valence-corrected chi connectivity index (χ2v) is 3.45. The summed E-state index contributed by atoms with van der Waals surface area (Å²) in [7, 11) is 0. The zero-order valence-corrected chi connectivity index (χ0v) is 10.5. The van der Waals surface area contributed by atoms with Crippen LogP contribution in [0.25, 0.3) is 0 Å². The van der Waals surface area contributed by atoms with Crippen LogP contribution in [0.5, 0.6) is 0 Å². The van der Waals surface area contributed by atoms with E-state index in [1.54, 1.807) is 0 Å². The van der Waals surface area contributed by atoms with Crippen LogP contribution < -0.4 is 5.73 Å². The third-order valence-electron chi connectivity index (χ3n) is 2.27. The number of allylic oxidation sites excluding steroid dienone is 3. The van der Waals surface area contributed by atoms with E-state index in [1.165, 1.54) is 18.4 Å². The van der Waals surface area contributed by atoms with E-state index >= 15 is 0 Å². The van der Waals surface area contributed by atoms with Gasteiger partial charge in [0.05, 0.1) is 0 Å². The average molecular weight is 223 g/mol. The zero-order chi connectivity index (χ0) is 12.8. The number of carbonyl (C=O) groups excluding carboxylic acids is 1. The van der Waals surface area contributed by atoms with Crippen LogP contribution in [0, 0.1) is 0 Å². The van der Waals surface area contributed by atoms with Gasteiger partial charge in [-0.2, -0.15) is 0 Å². The monoisotopic (exact) mass is 223 g/mol. The fourth-order valence-electron chi connectivity index (χ4n) is 1.35. The number of hydrogen-bond donors (Lipinski definition) is 1. The van der Waals surface area contributed by atoms with Gasteiger partial charge < -0.3 is 5.73 Å². The van der Waals surface area contributed by atoms with Crippen LogP contribution in [0.1, 0.15) is 45.4 Å². The minimum Gasteiger partial charge on any atom is -0.370 e. The molecule has 0 radical (unpaired) electrons. The molecule has 0 aliphatic carbocycles. The lowest BCUT2D eigenvalue weighted by molar-refractivity contribution is -0.118. The van der Waals surface area contributed by atoms with Crippen molar-refractivity contribution in [1.29, 1.82) is 0 Å². The first kappa shape index (κ1) is 17.1. The highest BCUT2D eigenvalue weighted by Crippen LogP contribution is 2.11. The van der Waals surface area contributed by atoms with Gasteiger partial charge in [-0.3, -0.25) is 4.79 Å². The lowest BCUT2D eigenvalue weighted by Gasteiger charge is -2.01. The molecule has 0 saturated heterocycles. The van der Waals surface area contributed by atoms with E-state index in [0.717, 1.165) is 19.3 Å². The molecule has 0 fully saturated rings. The number of unbranched alkanes of at least 4 members (excludes halogenated alkanes) is 3. The Kier molecular flexibility index (Phi) is 14.6. The molecule has 2 N–H and O–H groups in total. The van der Waals surface area contributed by atoms with Crippen LogP contribution in [-0.4, -0.2) is 5.91 Å². The summed E-state index contributed by atoms with van der Waals surface area (Å²) in [5.41, 5.74) is 6.34. The Morgan fingerprint density at radius 2 is 1.62 bits per heavy atom. The second-order valence-electron chi connectivity index (χ2n) is 3.45. The first-order chi connectivity index (χ1) is 7.70. The summed E-state index contributed by atoms with van der Waals surface area (Å²) in [6, 6.07) is 0. The van der Waals surface area contributed by atoms with Crippen LogP contribution in [-0.2, 0) is 4.79 Å². The van der Waals surface area contributed by atoms with E-state index in [1.807, 2.05) is 13.0 Å². The van der Waals surface area contributed by atoms with E-state index < -0.39 is 0 Å². The van der Waals surface area contributed by atoms with Crippen molar-refractivity contribution in [2.75, 3.05) is 0 Å². The normalized spacial score (nSPS) is 10.2. The summed E-state index contributed by atoms with van der Waals surface area (Å²) in [5.74, 6) is -0.190. The minimum atomic E-state index is -0.190. The largest absolute Gasteiger partial charge is 0.370 e. The highest BCUT2D eigenvalue weighted by atomic mass is 16.1. The van der Waals surface area contributed by atoms with Crippen LogP contribution in [0.3, 0.4) is 0 Å². The topological polar surface area (TPSA) is 43.1 Å². The molecule has 2 nitrogen and oxygen atoms in total. The van der Waals surface area contributed by atoms with E-state index in [9.17, 15) is 4.79 Å². The molecule has 0 heterocycles. The Morgan fingerprint density at radius 3 is 2.00 bits per heavy atom. The average Bonchev–Trinajstić information content (AvgIpc) is 2.30. The predicted octanol–water partition coefficient (Wildman–Crippen LogP) is 3.75. The van der Waals surface area contributed by atoms with Gasteiger partial charge in [0.25, 0.3) is 0 Å². The van der Waals surface area contributed by atoms with E-state index in [4.69, 9.17) is 5.73 Å². The van der Waals surface area contributed by atoms with Crippen molar-refractivity contribution in [1.82, 2.24) is 0 Å². The smallest absolute Gasteiger partial charge is 0.217 e. The lowest BCUT2D eigenvalue weighted by atomic mass is 10.1. The molecule has 0 saturated carbocycles. The fraction of sp³-hybridized carbons (Fsp3) is 0.500. The number of hydrogen-bond acceptors (Lipinski definition) is 1. The van der Waals surface area contributed by atoms with E-state index in [2.05, 4.69) is 25.8 Å². The number of primary amides is 1. The first-order valence-electron chi connectivity index (χ1n) is 5.76. The van der Waals surface area contributed by atoms with Crippen molar-refractivity contribution in [2.24, 2.45) is 5.73 Å². The highest BCUT2D eigenvalue weighted by molar-refractivity contribution is 5.73. The van der Waals surface area contributed by atoms with Crippen molar-refractivity contribution >= 4 is 5.91 Å². The van der Waals surface area contributed by atoms with Crippen LogP contribution in [0.4, 0.5) is 0 Å². The van der Waals surface area contributed by atoms with Crippen molar-refractivity contribution in [3.05, 3.63) is 37.5 Å². The van der Waals surface area contributed by atoms with Crippen molar-refractivity contribution < 1.29 is 4.79 Å². The fourth-order valence-corrected chi connectivity index (χ4v) is 1.35. The van der Waals surface area contributed by atoms with Gasteiger partial charge in [-0.25, -0.2) is 0 Å². The van der Waals surface area contributed by atoms with E-state index in [-0.39, 0.29) is 5.91 Å². The number of carbonyl (C=O) groups is 1. The maximum atomic E-state index is 10.4. The molecule has 16 heavy (non-hydrogen) atoms. The summed E-state index contributed by atoms with van der Waals surface area (Å²) in [6.45, 7) is 11.8. The molecule has 0 bridgehead atoms. The predicted molar refractivity (Wildman–Crippen MR) is 72.1 cm³/mol. The van der Waals surface area contributed by atoms with Gasteiger partial charge in [-0.05, 0) is 26.2 Å². The molecule has 0 atom stereocenters. The quantitative estimate of drug-likeness (QED) is 0.380. The standard InChI is InChI=1S/C12H21NO.C2H4/c1-3-11(4-2)9-7-5-6-8-10-12(13)14;1-2/h3-4H,1,5-10H2,2H3,(H2,13,14);1-2H2/b11-4+;. The summed E-state index contributed by atoms with van der Waals surface area (Å²) in [6.07, 6.45) is 9.98. The molecule has 1 amide bonds. The van der Waals surface area contributed by atoms with Gasteiger partial charge in [0, 0.05) is 6.42 Å². The van der Waals surface area contributed by atoms with Crippen LogP contribution in [0.15, 0.2) is 37.5 Å². The summed E-state index contributed by atoms with van der Waals surface area (Å²) in [5, 5.41) is 0. The minimum absolute atomic E-state index is 0.190. The lowest BCUT2D eigenvalue weighted by Crippen LogP contribution is -2.09. The molecule has 2 heteroatoms. The van der Waals surface area contributed by atoms with Gasteiger partial charge in [0.1, 0.15) is 0 Å². The zero-order valence-electron chi connectivity index (χ0n) is 10.5. The van der Waals surface area contributed by atoms with Gasteiger partial charge in [0.2, 0.25) is 5.91 Å².